The zero-order chi connectivity index (χ0) is 14.8. The smallest absolute Gasteiger partial charge is 0.147 e. The van der Waals surface area contributed by atoms with Crippen molar-refractivity contribution in [1.82, 2.24) is 9.97 Å². The van der Waals surface area contributed by atoms with Crippen LogP contribution in [0.4, 0.5) is 0 Å². The lowest BCUT2D eigenvalue weighted by atomic mass is 10.1. The number of aromatic amines is 1. The molecule has 0 aliphatic carbocycles. The summed E-state index contributed by atoms with van der Waals surface area (Å²) in [5.41, 5.74) is 2.36. The van der Waals surface area contributed by atoms with E-state index in [-0.39, 0.29) is 6.61 Å². The number of aliphatic hydroxyl groups is 1. The van der Waals surface area contributed by atoms with Crippen LogP contribution in [-0.4, -0.2) is 35.4 Å². The number of methoxy groups -OCH3 is 1. The third-order valence-electron chi connectivity index (χ3n) is 3.54. The molecule has 0 radical (unpaired) electrons. The number of nitrogens with zero attached hydrogens (tertiary/aromatic N) is 1. The van der Waals surface area contributed by atoms with Gasteiger partial charge in [-0.25, -0.2) is 0 Å². The molecule has 0 amide bonds. The molecule has 2 aromatic heterocycles. The number of hydrogen-bond donors (Lipinski definition) is 2. The van der Waals surface area contributed by atoms with Crippen LogP contribution in [0.2, 0.25) is 0 Å². The van der Waals surface area contributed by atoms with Crippen molar-refractivity contribution in [2.75, 3.05) is 20.3 Å². The van der Waals surface area contributed by atoms with E-state index in [1.165, 1.54) is 0 Å². The molecule has 3 aromatic rings. The highest BCUT2D eigenvalue weighted by molar-refractivity contribution is 6.11. The van der Waals surface area contributed by atoms with Gasteiger partial charge in [-0.05, 0) is 13.0 Å². The van der Waals surface area contributed by atoms with Crippen LogP contribution in [0.25, 0.3) is 21.8 Å². The Labute approximate surface area is 122 Å². The first-order chi connectivity index (χ1) is 10.3. The van der Waals surface area contributed by atoms with Gasteiger partial charge >= 0.3 is 0 Å². The van der Waals surface area contributed by atoms with E-state index in [2.05, 4.69) is 9.97 Å². The standard InChI is InChI=1S/C16H18N2O3/c1-3-21-9-12(19)15-16-14(13(20-2)8-17-15)10-6-4-5-7-11(10)18-16/h4-8,12,18-19H,3,9H2,1-2H3. The summed E-state index contributed by atoms with van der Waals surface area (Å²) in [7, 11) is 1.62. The Morgan fingerprint density at radius 1 is 1.33 bits per heavy atom. The Morgan fingerprint density at radius 3 is 2.90 bits per heavy atom. The molecule has 0 aliphatic heterocycles. The molecule has 0 bridgehead atoms. The highest BCUT2D eigenvalue weighted by Gasteiger charge is 2.19. The predicted molar refractivity (Wildman–Crippen MR) is 81.6 cm³/mol. The van der Waals surface area contributed by atoms with Gasteiger partial charge in [-0.2, -0.15) is 0 Å². The Kier molecular flexibility index (Phi) is 3.77. The van der Waals surface area contributed by atoms with E-state index in [1.54, 1.807) is 13.3 Å². The minimum Gasteiger partial charge on any atom is -0.494 e. The topological polar surface area (TPSA) is 67.4 Å². The first kappa shape index (κ1) is 13.9. The second-order valence-electron chi connectivity index (χ2n) is 4.81. The van der Waals surface area contributed by atoms with E-state index in [4.69, 9.17) is 9.47 Å². The molecule has 21 heavy (non-hydrogen) atoms. The second-order valence-corrected chi connectivity index (χ2v) is 4.81. The van der Waals surface area contributed by atoms with Gasteiger partial charge in [-0.3, -0.25) is 4.98 Å². The Bertz CT molecular complexity index is 767. The van der Waals surface area contributed by atoms with E-state index in [0.717, 1.165) is 21.8 Å². The number of para-hydroxylation sites is 1. The van der Waals surface area contributed by atoms with Crippen LogP contribution in [0.5, 0.6) is 5.75 Å². The van der Waals surface area contributed by atoms with Crippen LogP contribution < -0.4 is 4.74 Å². The first-order valence-corrected chi connectivity index (χ1v) is 6.95. The first-order valence-electron chi connectivity index (χ1n) is 6.95. The fourth-order valence-corrected chi connectivity index (χ4v) is 2.56. The van der Waals surface area contributed by atoms with Crippen LogP contribution in [0.3, 0.4) is 0 Å². The molecule has 0 spiro atoms. The molecule has 0 saturated heterocycles. The number of hydrogen-bond acceptors (Lipinski definition) is 4. The normalized spacial score (nSPS) is 12.9. The lowest BCUT2D eigenvalue weighted by molar-refractivity contribution is 0.0405. The zero-order valence-electron chi connectivity index (χ0n) is 12.1. The Balaban J connectivity index is 2.23. The molecule has 3 rings (SSSR count). The van der Waals surface area contributed by atoms with E-state index >= 15 is 0 Å². The number of ether oxygens (including phenoxy) is 2. The van der Waals surface area contributed by atoms with Crippen LogP contribution in [0.15, 0.2) is 30.5 Å². The van der Waals surface area contributed by atoms with Crippen molar-refractivity contribution < 1.29 is 14.6 Å². The van der Waals surface area contributed by atoms with E-state index < -0.39 is 6.10 Å². The highest BCUT2D eigenvalue weighted by atomic mass is 16.5. The number of aromatic nitrogens is 2. The van der Waals surface area contributed by atoms with Gasteiger partial charge in [-0.15, -0.1) is 0 Å². The zero-order valence-corrected chi connectivity index (χ0v) is 12.1. The number of nitrogens with one attached hydrogen (secondary N) is 1. The molecule has 0 saturated carbocycles. The molecule has 1 unspecified atom stereocenters. The molecular formula is C16H18N2O3. The second kappa shape index (κ2) is 5.71. The van der Waals surface area contributed by atoms with Crippen LogP contribution in [0, 0.1) is 0 Å². The summed E-state index contributed by atoms with van der Waals surface area (Å²) < 4.78 is 10.7. The maximum Gasteiger partial charge on any atom is 0.147 e. The van der Waals surface area contributed by atoms with Gasteiger partial charge in [0.2, 0.25) is 0 Å². The molecule has 2 heterocycles. The molecule has 0 aliphatic rings. The molecule has 1 aromatic carbocycles. The van der Waals surface area contributed by atoms with Gasteiger partial charge in [-0.1, -0.05) is 18.2 Å². The maximum absolute atomic E-state index is 10.3. The van der Waals surface area contributed by atoms with Crippen LogP contribution >= 0.6 is 0 Å². The third kappa shape index (κ3) is 2.34. The molecule has 5 nitrogen and oxygen atoms in total. The summed E-state index contributed by atoms with van der Waals surface area (Å²) in [6.07, 6.45) is 0.874. The lowest BCUT2D eigenvalue weighted by Gasteiger charge is -2.12. The Morgan fingerprint density at radius 2 is 2.14 bits per heavy atom. The average molecular weight is 286 g/mol. The summed E-state index contributed by atoms with van der Waals surface area (Å²) >= 11 is 0. The summed E-state index contributed by atoms with van der Waals surface area (Å²) in [6, 6.07) is 7.96. The van der Waals surface area contributed by atoms with Crippen molar-refractivity contribution in [2.24, 2.45) is 0 Å². The summed E-state index contributed by atoms with van der Waals surface area (Å²) in [5.74, 6) is 0.690. The SMILES string of the molecule is CCOCC(O)c1ncc(OC)c2c1[nH]c1ccccc12. The molecule has 0 fully saturated rings. The number of benzene rings is 1. The molecule has 1 atom stereocenters. The van der Waals surface area contributed by atoms with Crippen LogP contribution in [-0.2, 0) is 4.74 Å². The summed E-state index contributed by atoms with van der Waals surface area (Å²) in [4.78, 5) is 7.66. The van der Waals surface area contributed by atoms with Gasteiger partial charge in [0.1, 0.15) is 11.9 Å². The van der Waals surface area contributed by atoms with Gasteiger partial charge in [0.25, 0.3) is 0 Å². The molecular weight excluding hydrogens is 268 g/mol. The van der Waals surface area contributed by atoms with E-state index in [9.17, 15) is 5.11 Å². The lowest BCUT2D eigenvalue weighted by Crippen LogP contribution is -2.09. The monoisotopic (exact) mass is 286 g/mol. The van der Waals surface area contributed by atoms with Crippen molar-refractivity contribution >= 4 is 21.8 Å². The number of pyridine rings is 1. The number of H-pyrrole nitrogens is 1. The minimum absolute atomic E-state index is 0.223. The van der Waals surface area contributed by atoms with Crippen molar-refractivity contribution in [3.05, 3.63) is 36.2 Å². The minimum atomic E-state index is -0.772. The van der Waals surface area contributed by atoms with Crippen molar-refractivity contribution in [1.29, 1.82) is 0 Å². The highest BCUT2D eigenvalue weighted by Crippen LogP contribution is 2.35. The van der Waals surface area contributed by atoms with E-state index in [0.29, 0.717) is 18.1 Å². The summed E-state index contributed by atoms with van der Waals surface area (Å²) in [6.45, 7) is 2.68. The fourth-order valence-electron chi connectivity index (χ4n) is 2.56. The molecule has 2 N–H and O–H groups in total. The van der Waals surface area contributed by atoms with Gasteiger partial charge < -0.3 is 19.6 Å². The van der Waals surface area contributed by atoms with Gasteiger partial charge in [0, 0.05) is 17.5 Å². The molecule has 5 heteroatoms. The number of fused-ring (bicyclic) bond motifs is 3. The van der Waals surface area contributed by atoms with Crippen LogP contribution in [0.1, 0.15) is 18.7 Å². The number of aliphatic hydroxyl groups excluding tert-OH is 1. The van der Waals surface area contributed by atoms with Gasteiger partial charge in [0.05, 0.1) is 36.5 Å². The average Bonchev–Trinajstić information content (AvgIpc) is 2.91. The number of rotatable bonds is 5. The van der Waals surface area contributed by atoms with Crippen molar-refractivity contribution in [2.45, 2.75) is 13.0 Å². The van der Waals surface area contributed by atoms with Crippen molar-refractivity contribution in [3.63, 3.8) is 0 Å². The van der Waals surface area contributed by atoms with E-state index in [1.807, 2.05) is 31.2 Å². The largest absolute Gasteiger partial charge is 0.494 e. The fraction of sp³-hybridized carbons (Fsp3) is 0.312. The predicted octanol–water partition coefficient (Wildman–Crippen LogP) is 2.79. The summed E-state index contributed by atoms with van der Waals surface area (Å²) in [5, 5.41) is 12.3. The Hall–Kier alpha value is -2.11. The molecule has 110 valence electrons. The van der Waals surface area contributed by atoms with Gasteiger partial charge in [0.15, 0.2) is 0 Å². The maximum atomic E-state index is 10.3. The third-order valence-corrected chi connectivity index (χ3v) is 3.54. The quantitative estimate of drug-likeness (QED) is 0.757. The van der Waals surface area contributed by atoms with Crippen molar-refractivity contribution in [3.8, 4) is 5.75 Å².